The van der Waals surface area contributed by atoms with E-state index in [9.17, 15) is 14.5 Å². The number of aromatic nitrogens is 4. The van der Waals surface area contributed by atoms with Crippen molar-refractivity contribution in [2.75, 3.05) is 18.9 Å². The minimum atomic E-state index is -2.80. The summed E-state index contributed by atoms with van der Waals surface area (Å²) in [5, 5.41) is -1.83. The second-order valence-corrected chi connectivity index (χ2v) is 11.7. The van der Waals surface area contributed by atoms with Gasteiger partial charge < -0.3 is 29.4 Å². The lowest BCUT2D eigenvalue weighted by Crippen LogP contribution is -2.44. The Morgan fingerprint density at radius 3 is 2.48 bits per heavy atom. The summed E-state index contributed by atoms with van der Waals surface area (Å²) in [5.41, 5.74) is 5.81. The summed E-state index contributed by atoms with van der Waals surface area (Å²) in [7, 11) is -2.80. The average molecular weight is 573 g/mol. The Morgan fingerprint density at radius 1 is 1.12 bits per heavy atom. The number of hydrogen-bond donors (Lipinski definition) is 1. The summed E-state index contributed by atoms with van der Waals surface area (Å²) in [6.07, 6.45) is 2.56. The largest absolute Gasteiger partial charge is 0.611 e. The van der Waals surface area contributed by atoms with Crippen molar-refractivity contribution >= 4 is 36.9 Å². The van der Waals surface area contributed by atoms with Crippen LogP contribution in [0.15, 0.2) is 47.7 Å². The highest BCUT2D eigenvalue weighted by atomic mass is 31.1. The summed E-state index contributed by atoms with van der Waals surface area (Å²) in [6.45, 7) is 10.3. The number of esters is 2. The molecule has 0 aliphatic rings. The predicted molar refractivity (Wildman–Crippen MR) is 149 cm³/mol. The Balaban J connectivity index is 2.01. The normalized spacial score (nSPS) is 14.7. The van der Waals surface area contributed by atoms with Crippen molar-refractivity contribution in [3.8, 4) is 0 Å². The molecule has 3 aromatic rings. The van der Waals surface area contributed by atoms with Crippen LogP contribution in [-0.2, 0) is 35.5 Å². The number of nitrogen functional groups attached to an aromatic ring is 1. The lowest BCUT2D eigenvalue weighted by Gasteiger charge is -2.30. The van der Waals surface area contributed by atoms with Crippen molar-refractivity contribution in [2.24, 2.45) is 4.74 Å². The maximum Gasteiger partial charge on any atom is 0.367 e. The van der Waals surface area contributed by atoms with Crippen molar-refractivity contribution in [2.45, 2.75) is 77.4 Å². The van der Waals surface area contributed by atoms with E-state index in [1.807, 2.05) is 6.92 Å². The first kappa shape index (κ1) is 31.1. The Hall–Kier alpha value is -3.47. The Kier molecular flexibility index (Phi) is 10.3. The molecule has 3 atom stereocenters. The van der Waals surface area contributed by atoms with Crippen LogP contribution in [0.25, 0.3) is 11.2 Å². The van der Waals surface area contributed by atoms with Gasteiger partial charge in [0.1, 0.15) is 18.5 Å². The van der Waals surface area contributed by atoms with E-state index in [-0.39, 0.29) is 19.0 Å². The molecule has 216 valence electrons. The lowest BCUT2D eigenvalue weighted by atomic mass is 9.98. The minimum absolute atomic E-state index is 0.202. The summed E-state index contributed by atoms with van der Waals surface area (Å²) in [5.74, 6) is -1.15. The number of rotatable bonds is 13. The van der Waals surface area contributed by atoms with Gasteiger partial charge in [-0.2, -0.15) is 0 Å². The van der Waals surface area contributed by atoms with Gasteiger partial charge in [-0.05, 0) is 41.0 Å². The molecule has 13 heteroatoms. The molecule has 3 rings (SSSR count). The van der Waals surface area contributed by atoms with Crippen LogP contribution in [0.4, 0.5) is 5.82 Å². The fourth-order valence-corrected chi connectivity index (χ4v) is 5.35. The smallest absolute Gasteiger partial charge is 0.367 e. The molecule has 2 aromatic heterocycles. The topological polar surface area (TPSA) is 167 Å². The maximum absolute atomic E-state index is 14.2. The second-order valence-electron chi connectivity index (χ2n) is 10.2. The molecule has 0 aliphatic carbocycles. The standard InChI is InChI=1S/C27H37N6O6P/c1-7-13-37-24(34)26(5,6)32-40(36)27(25(35)39-18(2)3,20-11-9-8-10-12-20)15-38-19(4)14-33-17-31-21-22(28)29-16-30-23(21)33/h8-12,16-19H,7,13-15H2,1-6H3,(H2,28,29,30)/t19-,27?/m1/s1. The van der Waals surface area contributed by atoms with Crippen molar-refractivity contribution < 1.29 is 28.7 Å². The number of benzene rings is 1. The van der Waals surface area contributed by atoms with Crippen LogP contribution in [0.3, 0.4) is 0 Å². The molecule has 2 N–H and O–H groups in total. The van der Waals surface area contributed by atoms with E-state index in [1.165, 1.54) is 20.2 Å². The van der Waals surface area contributed by atoms with Gasteiger partial charge in [-0.25, -0.2) is 24.5 Å². The minimum Gasteiger partial charge on any atom is -0.611 e. The summed E-state index contributed by atoms with van der Waals surface area (Å²) in [6, 6.07) is 8.57. The van der Waals surface area contributed by atoms with Gasteiger partial charge in [0, 0.05) is 5.56 Å². The third-order valence-electron chi connectivity index (χ3n) is 6.00. The molecule has 0 amide bonds. The molecule has 0 bridgehead atoms. The molecule has 2 heterocycles. The van der Waals surface area contributed by atoms with Gasteiger partial charge in [0.25, 0.3) is 5.16 Å². The van der Waals surface area contributed by atoms with Crippen LogP contribution in [0.1, 0.15) is 53.5 Å². The average Bonchev–Trinajstić information content (AvgIpc) is 3.31. The van der Waals surface area contributed by atoms with Crippen molar-refractivity contribution in [3.63, 3.8) is 0 Å². The fraction of sp³-hybridized carbons (Fsp3) is 0.519. The molecule has 2 unspecified atom stereocenters. The number of fused-ring (bicyclic) bond motifs is 1. The summed E-state index contributed by atoms with van der Waals surface area (Å²) < 4.78 is 23.2. The number of hydrogen-bond acceptors (Lipinski definition) is 11. The Labute approximate surface area is 234 Å². The lowest BCUT2D eigenvalue weighted by molar-refractivity contribution is -0.174. The van der Waals surface area contributed by atoms with Crippen molar-refractivity contribution in [3.05, 3.63) is 48.5 Å². The number of carbonyl (C=O) groups excluding carboxylic acids is 2. The maximum atomic E-state index is 14.2. The molecule has 0 spiro atoms. The number of anilines is 1. The highest BCUT2D eigenvalue weighted by Gasteiger charge is 2.55. The number of ether oxygens (including phenoxy) is 3. The van der Waals surface area contributed by atoms with E-state index >= 15 is 0 Å². The number of carbonyl (C=O) groups is 2. The van der Waals surface area contributed by atoms with Gasteiger partial charge in [-0.15, -0.1) is 0 Å². The third kappa shape index (κ3) is 6.99. The quantitative estimate of drug-likeness (QED) is 0.237. The SMILES string of the molecule is CCCOC(=O)C(C)(C)N=[P+]([O-])C(CO[C@H](C)Cn1cnc2c(N)ncnc21)(C(=O)OC(C)C)c1ccccc1. The van der Waals surface area contributed by atoms with Crippen LogP contribution in [0.5, 0.6) is 0 Å². The molecular formula is C27H37N6O6P. The van der Waals surface area contributed by atoms with Gasteiger partial charge in [0.15, 0.2) is 24.9 Å². The molecule has 0 saturated heterocycles. The summed E-state index contributed by atoms with van der Waals surface area (Å²) in [4.78, 5) is 53.2. The molecule has 0 fully saturated rings. The molecular weight excluding hydrogens is 535 g/mol. The van der Waals surface area contributed by atoms with E-state index in [4.69, 9.17) is 19.9 Å². The first-order chi connectivity index (χ1) is 18.9. The monoisotopic (exact) mass is 572 g/mol. The second kappa shape index (κ2) is 13.3. The molecule has 0 radical (unpaired) electrons. The van der Waals surface area contributed by atoms with E-state index in [0.29, 0.717) is 29.7 Å². The van der Waals surface area contributed by atoms with Gasteiger partial charge >= 0.3 is 11.9 Å². The van der Waals surface area contributed by atoms with Crippen LogP contribution < -0.4 is 10.6 Å². The van der Waals surface area contributed by atoms with E-state index in [2.05, 4.69) is 19.7 Å². The van der Waals surface area contributed by atoms with Gasteiger partial charge in [0.05, 0.1) is 31.7 Å². The van der Waals surface area contributed by atoms with Crippen LogP contribution in [0.2, 0.25) is 0 Å². The van der Waals surface area contributed by atoms with Crippen molar-refractivity contribution in [1.82, 2.24) is 19.5 Å². The van der Waals surface area contributed by atoms with Crippen LogP contribution >= 0.6 is 7.94 Å². The number of imidazole rings is 1. The van der Waals surface area contributed by atoms with Gasteiger partial charge in [-0.3, -0.25) is 0 Å². The highest BCUT2D eigenvalue weighted by molar-refractivity contribution is 7.42. The zero-order valence-electron chi connectivity index (χ0n) is 23.7. The van der Waals surface area contributed by atoms with Gasteiger partial charge in [0.2, 0.25) is 0 Å². The Morgan fingerprint density at radius 2 is 1.82 bits per heavy atom. The fourth-order valence-electron chi connectivity index (χ4n) is 3.88. The van der Waals surface area contributed by atoms with E-state index < -0.39 is 42.8 Å². The van der Waals surface area contributed by atoms with E-state index in [1.54, 1.807) is 62.0 Å². The van der Waals surface area contributed by atoms with Gasteiger partial charge in [-0.1, -0.05) is 42.0 Å². The first-order valence-corrected chi connectivity index (χ1v) is 14.3. The predicted octanol–water partition coefficient (Wildman–Crippen LogP) is 3.33. The molecule has 1 aromatic carbocycles. The molecule has 12 nitrogen and oxygen atoms in total. The zero-order valence-corrected chi connectivity index (χ0v) is 24.6. The Bertz CT molecular complexity index is 1350. The number of nitrogens with two attached hydrogens (primary N) is 1. The molecule has 0 saturated carbocycles. The molecule has 40 heavy (non-hydrogen) atoms. The van der Waals surface area contributed by atoms with Crippen LogP contribution in [-0.4, -0.2) is 62.4 Å². The highest BCUT2D eigenvalue weighted by Crippen LogP contribution is 2.48. The first-order valence-electron chi connectivity index (χ1n) is 13.1. The number of nitrogens with zero attached hydrogens (tertiary/aromatic N) is 5. The summed E-state index contributed by atoms with van der Waals surface area (Å²) >= 11 is 0. The van der Waals surface area contributed by atoms with Crippen LogP contribution in [0, 0.1) is 0 Å². The zero-order chi connectivity index (χ0) is 29.5. The third-order valence-corrected chi connectivity index (χ3v) is 7.90. The van der Waals surface area contributed by atoms with Crippen molar-refractivity contribution in [1.29, 1.82) is 0 Å². The van der Waals surface area contributed by atoms with E-state index in [0.717, 1.165) is 0 Å². The molecule has 0 aliphatic heterocycles.